The number of β-amino-alcohol motifs (C(OH)–C–C–N with tert-alkyl or cyclic N) is 1. The second kappa shape index (κ2) is 10.6. The molecule has 9 nitrogen and oxygen atoms in total. The van der Waals surface area contributed by atoms with Crippen LogP contribution in [0.1, 0.15) is 35.3 Å². The van der Waals surface area contributed by atoms with Crippen LogP contribution in [0.25, 0.3) is 0 Å². The number of nitrogens with zero attached hydrogens (tertiary/aromatic N) is 3. The topological polar surface area (TPSA) is 114 Å². The van der Waals surface area contributed by atoms with Crippen molar-refractivity contribution in [3.8, 4) is 0 Å². The van der Waals surface area contributed by atoms with Gasteiger partial charge in [-0.05, 0) is 18.4 Å². The molecule has 3 heterocycles. The lowest BCUT2D eigenvalue weighted by Crippen LogP contribution is -2.57. The van der Waals surface area contributed by atoms with Crippen molar-refractivity contribution in [1.82, 2.24) is 20.2 Å². The molecule has 0 unspecified atom stereocenters. The van der Waals surface area contributed by atoms with E-state index >= 15 is 0 Å². The third-order valence-corrected chi connectivity index (χ3v) is 5.77. The van der Waals surface area contributed by atoms with Crippen molar-refractivity contribution in [2.24, 2.45) is 0 Å². The lowest BCUT2D eigenvalue weighted by Gasteiger charge is -2.44. The highest BCUT2D eigenvalue weighted by molar-refractivity contribution is 5.92. The van der Waals surface area contributed by atoms with Gasteiger partial charge in [-0.15, -0.1) is 0 Å². The van der Waals surface area contributed by atoms with Crippen LogP contribution in [0.2, 0.25) is 0 Å². The number of aliphatic hydroxyl groups excluding tert-OH is 1. The van der Waals surface area contributed by atoms with E-state index in [0.717, 1.165) is 5.56 Å². The van der Waals surface area contributed by atoms with Crippen LogP contribution >= 0.6 is 0 Å². The molecule has 2 N–H and O–H groups in total. The highest BCUT2D eigenvalue weighted by atomic mass is 16.5. The van der Waals surface area contributed by atoms with Crippen molar-refractivity contribution in [3.05, 3.63) is 60.2 Å². The Morgan fingerprint density at radius 2 is 2.00 bits per heavy atom. The maximum Gasteiger partial charge on any atom is 0.274 e. The van der Waals surface area contributed by atoms with E-state index in [4.69, 9.17) is 9.47 Å². The van der Waals surface area contributed by atoms with Gasteiger partial charge in [0.1, 0.15) is 11.8 Å². The molecule has 9 heteroatoms. The molecular weight excluding hydrogens is 412 g/mol. The fraction of sp³-hybridized carbons (Fsp3) is 0.478. The summed E-state index contributed by atoms with van der Waals surface area (Å²) in [4.78, 5) is 35.2. The number of carbonyl (C=O) groups is 2. The van der Waals surface area contributed by atoms with Crippen LogP contribution < -0.4 is 5.32 Å². The van der Waals surface area contributed by atoms with Crippen molar-refractivity contribution in [2.45, 2.75) is 50.2 Å². The Morgan fingerprint density at radius 3 is 2.78 bits per heavy atom. The minimum Gasteiger partial charge on any atom is -0.389 e. The number of ether oxygens (including phenoxy) is 2. The number of benzene rings is 1. The van der Waals surface area contributed by atoms with Crippen molar-refractivity contribution < 1.29 is 24.2 Å². The van der Waals surface area contributed by atoms with E-state index in [1.165, 1.54) is 18.6 Å². The Hall–Kier alpha value is -2.88. The van der Waals surface area contributed by atoms with Crippen LogP contribution in [0.15, 0.2) is 48.9 Å². The van der Waals surface area contributed by atoms with Crippen LogP contribution in [-0.4, -0.2) is 75.9 Å². The van der Waals surface area contributed by atoms with Gasteiger partial charge in [0.15, 0.2) is 0 Å². The van der Waals surface area contributed by atoms with Crippen molar-refractivity contribution in [1.29, 1.82) is 0 Å². The summed E-state index contributed by atoms with van der Waals surface area (Å²) in [5, 5.41) is 13.2. The number of rotatable bonds is 5. The van der Waals surface area contributed by atoms with E-state index in [9.17, 15) is 14.7 Å². The Balaban J connectivity index is 1.38. The number of carbonyl (C=O) groups excluding carboxylic acids is 2. The molecule has 1 aromatic heterocycles. The molecule has 2 aliphatic heterocycles. The molecule has 2 aromatic rings. The van der Waals surface area contributed by atoms with Crippen LogP contribution in [0.5, 0.6) is 0 Å². The van der Waals surface area contributed by atoms with Gasteiger partial charge in [0.05, 0.1) is 44.1 Å². The average Bonchev–Trinajstić information content (AvgIpc) is 2.81. The fourth-order valence-corrected chi connectivity index (χ4v) is 4.21. The summed E-state index contributed by atoms with van der Waals surface area (Å²) in [5.41, 5.74) is 1.26. The number of aromatic nitrogens is 2. The molecule has 170 valence electrons. The molecule has 32 heavy (non-hydrogen) atoms. The number of amides is 2. The molecule has 0 saturated carbocycles. The zero-order valence-corrected chi connectivity index (χ0v) is 17.8. The van der Waals surface area contributed by atoms with E-state index in [1.807, 2.05) is 30.3 Å². The van der Waals surface area contributed by atoms with Gasteiger partial charge in [-0.2, -0.15) is 0 Å². The minimum atomic E-state index is -0.793. The van der Waals surface area contributed by atoms with Crippen LogP contribution in [0.3, 0.4) is 0 Å². The summed E-state index contributed by atoms with van der Waals surface area (Å²) >= 11 is 0. The van der Waals surface area contributed by atoms with Gasteiger partial charge in [-0.1, -0.05) is 30.3 Å². The smallest absolute Gasteiger partial charge is 0.274 e. The first-order valence-corrected chi connectivity index (χ1v) is 10.9. The first-order valence-electron chi connectivity index (χ1n) is 10.9. The van der Waals surface area contributed by atoms with Gasteiger partial charge in [-0.3, -0.25) is 14.6 Å². The summed E-state index contributed by atoms with van der Waals surface area (Å²) in [7, 11) is 0. The van der Waals surface area contributed by atoms with Gasteiger partial charge in [0.2, 0.25) is 5.91 Å². The zero-order valence-electron chi connectivity index (χ0n) is 17.8. The lowest BCUT2D eigenvalue weighted by molar-refractivity contribution is -0.151. The summed E-state index contributed by atoms with van der Waals surface area (Å²) in [6, 6.07) is 9.46. The molecule has 0 bridgehead atoms. The summed E-state index contributed by atoms with van der Waals surface area (Å²) in [6.45, 7) is 0.954. The first kappa shape index (κ1) is 22.3. The largest absolute Gasteiger partial charge is 0.389 e. The number of aliphatic hydroxyl groups is 1. The van der Waals surface area contributed by atoms with Crippen LogP contribution in [0, 0.1) is 0 Å². The second-order valence-electron chi connectivity index (χ2n) is 8.15. The van der Waals surface area contributed by atoms with Gasteiger partial charge in [-0.25, -0.2) is 4.98 Å². The summed E-state index contributed by atoms with van der Waals surface area (Å²) in [6.07, 6.45) is 4.47. The molecular formula is C23H28N4O5. The molecule has 0 aliphatic carbocycles. The Labute approximate surface area is 186 Å². The number of fused-ring (bicyclic) bond motifs is 1. The molecule has 2 saturated heterocycles. The van der Waals surface area contributed by atoms with E-state index in [1.54, 1.807) is 4.90 Å². The summed E-state index contributed by atoms with van der Waals surface area (Å²) < 4.78 is 11.8. The third-order valence-electron chi connectivity index (χ3n) is 5.77. The fourth-order valence-electron chi connectivity index (χ4n) is 4.21. The zero-order chi connectivity index (χ0) is 22.3. The third kappa shape index (κ3) is 5.67. The second-order valence-corrected chi connectivity index (χ2v) is 8.15. The van der Waals surface area contributed by atoms with Crippen molar-refractivity contribution in [3.63, 3.8) is 0 Å². The highest BCUT2D eigenvalue weighted by Crippen LogP contribution is 2.28. The Kier molecular flexibility index (Phi) is 7.41. The lowest BCUT2D eigenvalue weighted by atomic mass is 9.94. The maximum atomic E-state index is 13.1. The number of nitrogens with one attached hydrogen (secondary N) is 1. The standard InChI is InChI=1S/C23H28N4O5/c28-17-13-27(23(30)19-12-24-8-9-25-19)20-7-6-18(32-21(20)15-31-14-17)10-22(29)26-11-16-4-2-1-3-5-16/h1-5,8-9,12,17-18,20-21,28H,6-7,10-11,13-15H2,(H,26,29)/t17-,18-,20+,21-/m1/s1. The van der Waals surface area contributed by atoms with E-state index in [-0.39, 0.29) is 61.9 Å². The Bertz CT molecular complexity index is 898. The highest BCUT2D eigenvalue weighted by Gasteiger charge is 2.40. The number of hydrogen-bond donors (Lipinski definition) is 2. The predicted octanol–water partition coefficient (Wildman–Crippen LogP) is 0.933. The van der Waals surface area contributed by atoms with Gasteiger partial charge < -0.3 is 24.8 Å². The quantitative estimate of drug-likeness (QED) is 0.711. The van der Waals surface area contributed by atoms with E-state index in [2.05, 4.69) is 15.3 Å². The monoisotopic (exact) mass is 440 g/mol. The van der Waals surface area contributed by atoms with E-state index < -0.39 is 6.10 Å². The Morgan fingerprint density at radius 1 is 1.16 bits per heavy atom. The van der Waals surface area contributed by atoms with Crippen molar-refractivity contribution in [2.75, 3.05) is 19.8 Å². The number of hydrogen-bond acceptors (Lipinski definition) is 7. The normalized spacial score (nSPS) is 25.8. The predicted molar refractivity (Wildman–Crippen MR) is 114 cm³/mol. The first-order chi connectivity index (χ1) is 15.6. The summed E-state index contributed by atoms with van der Waals surface area (Å²) in [5.74, 6) is -0.372. The molecule has 0 spiro atoms. The van der Waals surface area contributed by atoms with Gasteiger partial charge in [0.25, 0.3) is 5.91 Å². The van der Waals surface area contributed by atoms with Gasteiger partial charge >= 0.3 is 0 Å². The van der Waals surface area contributed by atoms with Gasteiger partial charge in [0, 0.05) is 25.5 Å². The van der Waals surface area contributed by atoms with E-state index in [0.29, 0.717) is 19.4 Å². The SMILES string of the molecule is O=C(C[C@H]1CC[C@H]2[C@@H](COC[C@H](O)CN2C(=O)c2cnccn2)O1)NCc1ccccc1. The van der Waals surface area contributed by atoms with Crippen molar-refractivity contribution >= 4 is 11.8 Å². The molecule has 4 rings (SSSR count). The molecule has 2 aliphatic rings. The molecule has 2 fully saturated rings. The molecule has 4 atom stereocenters. The minimum absolute atomic E-state index is 0.0769. The molecule has 2 amide bonds. The maximum absolute atomic E-state index is 13.1. The van der Waals surface area contributed by atoms with Crippen LogP contribution in [0.4, 0.5) is 0 Å². The molecule has 0 radical (unpaired) electrons. The van der Waals surface area contributed by atoms with Crippen LogP contribution in [-0.2, 0) is 20.8 Å². The average molecular weight is 441 g/mol. The molecule has 1 aromatic carbocycles.